The summed E-state index contributed by atoms with van der Waals surface area (Å²) in [5.74, 6) is 0. The van der Waals surface area contributed by atoms with Crippen molar-refractivity contribution in [3.8, 4) is 0 Å². The fourth-order valence-electron chi connectivity index (χ4n) is 0. The normalized spacial score (nSPS) is 11.0. The first kappa shape index (κ1) is 13.2. The van der Waals surface area contributed by atoms with Crippen molar-refractivity contribution in [1.29, 1.82) is 0 Å². The molecule has 0 saturated heterocycles. The van der Waals surface area contributed by atoms with Gasteiger partial charge in [0.15, 0.2) is 4.17 Å². The van der Waals surface area contributed by atoms with E-state index < -0.39 is 14.3 Å². The number of hydrogen-bond donors (Lipinski definition) is 0. The molecule has 0 aliphatic heterocycles. The summed E-state index contributed by atoms with van der Waals surface area (Å²) in [5.41, 5.74) is 0. The van der Waals surface area contributed by atoms with Gasteiger partial charge < -0.3 is 4.55 Å². The van der Waals surface area contributed by atoms with Gasteiger partial charge >= 0.3 is 68.9 Å². The van der Waals surface area contributed by atoms with Gasteiger partial charge in [0.2, 0.25) is 0 Å². The molecule has 3 nitrogen and oxygen atoms in total. The molecule has 0 aromatic rings. The third kappa shape index (κ3) is 6.66. The number of alkyl halides is 2. The maximum Gasteiger partial charge on any atom is 1.00 e. The van der Waals surface area contributed by atoms with Gasteiger partial charge in [0.25, 0.3) is 0 Å². The zero-order chi connectivity index (χ0) is 6.08. The summed E-state index contributed by atoms with van der Waals surface area (Å²) in [7, 11) is -4.46. The Hall–Kier alpha value is 2.54. The molecule has 0 spiro atoms. The maximum absolute atomic E-state index is 9.51. The molecule has 0 aliphatic carbocycles. The molecular formula is CHCl2CsO3S. The first-order valence-electron chi connectivity index (χ1n) is 1.17. The Balaban J connectivity index is 0. The van der Waals surface area contributed by atoms with E-state index in [4.69, 9.17) is 0 Å². The minimum atomic E-state index is -4.46. The molecule has 0 unspecified atom stereocenters. The van der Waals surface area contributed by atoms with Gasteiger partial charge in [-0.15, -0.1) is 0 Å². The monoisotopic (exact) mass is 296 g/mol. The smallest absolute Gasteiger partial charge is 0.746 e. The van der Waals surface area contributed by atoms with Crippen molar-refractivity contribution in [2.24, 2.45) is 0 Å². The van der Waals surface area contributed by atoms with E-state index in [9.17, 15) is 13.0 Å². The summed E-state index contributed by atoms with van der Waals surface area (Å²) in [5, 5.41) is 0. The summed E-state index contributed by atoms with van der Waals surface area (Å²) in [6, 6.07) is 0. The van der Waals surface area contributed by atoms with Gasteiger partial charge in [0.05, 0.1) is 0 Å². The third-order valence-electron chi connectivity index (χ3n) is 0.218. The Kier molecular flexibility index (Phi) is 8.59. The van der Waals surface area contributed by atoms with Crippen LogP contribution >= 0.6 is 23.2 Å². The fourth-order valence-corrected chi connectivity index (χ4v) is 0. The van der Waals surface area contributed by atoms with E-state index in [-0.39, 0.29) is 68.9 Å². The van der Waals surface area contributed by atoms with E-state index in [1.807, 2.05) is 0 Å². The Morgan fingerprint density at radius 3 is 1.50 bits per heavy atom. The first-order chi connectivity index (χ1) is 2.94. The van der Waals surface area contributed by atoms with Crippen molar-refractivity contribution in [2.75, 3.05) is 0 Å². The molecule has 0 aromatic heterocycles. The van der Waals surface area contributed by atoms with Crippen molar-refractivity contribution in [2.45, 2.75) is 4.17 Å². The number of halogens is 2. The predicted molar refractivity (Wildman–Crippen MR) is 25.2 cm³/mol. The molecule has 0 saturated carbocycles. The Bertz CT molecular complexity index is 139. The van der Waals surface area contributed by atoms with Crippen LogP contribution in [0.1, 0.15) is 0 Å². The van der Waals surface area contributed by atoms with Crippen LogP contribution in [-0.2, 0) is 10.1 Å². The summed E-state index contributed by atoms with van der Waals surface area (Å²) < 4.78 is 26.7. The van der Waals surface area contributed by atoms with Crippen LogP contribution < -0.4 is 68.9 Å². The zero-order valence-corrected chi connectivity index (χ0v) is 12.6. The van der Waals surface area contributed by atoms with Crippen molar-refractivity contribution in [1.82, 2.24) is 0 Å². The second-order valence-electron chi connectivity index (χ2n) is 0.753. The van der Waals surface area contributed by atoms with Gasteiger partial charge in [-0.3, -0.25) is 0 Å². The van der Waals surface area contributed by atoms with Crippen LogP contribution in [-0.4, -0.2) is 17.1 Å². The van der Waals surface area contributed by atoms with E-state index in [0.29, 0.717) is 0 Å². The van der Waals surface area contributed by atoms with E-state index >= 15 is 0 Å². The molecule has 0 fully saturated rings. The maximum atomic E-state index is 9.51. The van der Waals surface area contributed by atoms with Gasteiger partial charge in [-0.2, -0.15) is 0 Å². The molecular weight excluding hydrogens is 296 g/mol. The van der Waals surface area contributed by atoms with Crippen molar-refractivity contribution >= 4 is 33.3 Å². The molecule has 0 heterocycles. The van der Waals surface area contributed by atoms with Crippen LogP contribution in [0.2, 0.25) is 0 Å². The SMILES string of the molecule is O=S(=O)([O-])C(Cl)Cl.[Cs+]. The van der Waals surface area contributed by atoms with Gasteiger partial charge in [-0.05, 0) is 0 Å². The van der Waals surface area contributed by atoms with Crippen LogP contribution in [0.25, 0.3) is 0 Å². The van der Waals surface area contributed by atoms with Gasteiger partial charge in [-0.1, -0.05) is 23.2 Å². The second-order valence-corrected chi connectivity index (χ2v) is 3.82. The van der Waals surface area contributed by atoms with Gasteiger partial charge in [0.1, 0.15) is 10.1 Å². The van der Waals surface area contributed by atoms with Crippen molar-refractivity contribution in [3.63, 3.8) is 0 Å². The average Bonchev–Trinajstić information content (AvgIpc) is 1.31. The van der Waals surface area contributed by atoms with Crippen LogP contribution in [0.4, 0.5) is 0 Å². The number of rotatable bonds is 1. The Morgan fingerprint density at radius 2 is 1.50 bits per heavy atom. The molecule has 7 heteroatoms. The third-order valence-corrected chi connectivity index (χ3v) is 1.96. The molecule has 0 aliphatic rings. The second kappa shape index (κ2) is 5.23. The molecule has 8 heavy (non-hydrogen) atoms. The standard InChI is InChI=1S/CH2Cl2O3S.Cs/c2-1(3)7(4,5)6;/h1H,(H,4,5,6);/q;+1/p-1. The summed E-state index contributed by atoms with van der Waals surface area (Å²) >= 11 is 9.24. The summed E-state index contributed by atoms with van der Waals surface area (Å²) in [4.78, 5) is 0. The molecule has 0 rings (SSSR count). The van der Waals surface area contributed by atoms with Crippen LogP contribution in [0.15, 0.2) is 0 Å². The van der Waals surface area contributed by atoms with Gasteiger partial charge in [-0.25, -0.2) is 8.42 Å². The first-order valence-corrected chi connectivity index (χ1v) is 3.52. The number of hydrogen-bond acceptors (Lipinski definition) is 3. The van der Waals surface area contributed by atoms with E-state index in [2.05, 4.69) is 23.2 Å². The van der Waals surface area contributed by atoms with E-state index in [0.717, 1.165) is 0 Å². The Morgan fingerprint density at radius 1 is 1.38 bits per heavy atom. The van der Waals surface area contributed by atoms with E-state index in [1.54, 1.807) is 0 Å². The predicted octanol–water partition coefficient (Wildman–Crippen LogP) is -2.70. The van der Waals surface area contributed by atoms with Crippen LogP contribution in [0.3, 0.4) is 0 Å². The topological polar surface area (TPSA) is 57.2 Å². The zero-order valence-electron chi connectivity index (χ0n) is 3.97. The quantitative estimate of drug-likeness (QED) is 0.391. The molecule has 44 valence electrons. The summed E-state index contributed by atoms with van der Waals surface area (Å²) in [6.45, 7) is 0. The van der Waals surface area contributed by atoms with Crippen molar-refractivity contribution in [3.05, 3.63) is 0 Å². The molecule has 0 amide bonds. The van der Waals surface area contributed by atoms with Crippen molar-refractivity contribution < 1.29 is 81.9 Å². The molecule has 0 atom stereocenters. The fraction of sp³-hybridized carbons (Fsp3) is 1.00. The minimum Gasteiger partial charge on any atom is -0.746 e. The van der Waals surface area contributed by atoms with Gasteiger partial charge in [0, 0.05) is 0 Å². The van der Waals surface area contributed by atoms with Crippen LogP contribution in [0, 0.1) is 0 Å². The largest absolute Gasteiger partial charge is 1.00 e. The molecule has 0 N–H and O–H groups in total. The molecule has 0 bridgehead atoms. The minimum absolute atomic E-state index is 0. The Labute approximate surface area is 116 Å². The van der Waals surface area contributed by atoms with Crippen LogP contribution in [0.5, 0.6) is 0 Å². The van der Waals surface area contributed by atoms with E-state index in [1.165, 1.54) is 0 Å². The molecule has 0 radical (unpaired) electrons. The molecule has 0 aromatic carbocycles. The summed E-state index contributed by atoms with van der Waals surface area (Å²) in [6.07, 6.45) is 0. The average molecular weight is 297 g/mol.